The normalized spacial score (nSPS) is 12.1. The second-order valence-electron chi connectivity index (χ2n) is 8.77. The minimum atomic E-state index is -2.14. The Bertz CT molecular complexity index is 1910. The van der Waals surface area contributed by atoms with Crippen LogP contribution < -0.4 is 10.3 Å². The average Bonchev–Trinajstić information content (AvgIpc) is 3.42. The fourth-order valence-electron chi connectivity index (χ4n) is 4.37. The molecule has 0 radical (unpaired) electrons. The fraction of sp³-hybridized carbons (Fsp3) is 0.0357. The van der Waals surface area contributed by atoms with Crippen LogP contribution in [-0.4, -0.2) is 38.3 Å². The summed E-state index contributed by atoms with van der Waals surface area (Å²) < 4.78 is 25.7. The molecule has 0 saturated heterocycles. The van der Waals surface area contributed by atoms with Crippen LogP contribution >= 0.6 is 11.6 Å². The number of hydrogen-bond donors (Lipinski definition) is 2. The summed E-state index contributed by atoms with van der Waals surface area (Å²) in [6.07, 6.45) is 3.11. The van der Waals surface area contributed by atoms with Crippen LogP contribution in [0.5, 0.6) is 0 Å². The minimum absolute atomic E-state index is 0.177. The molecule has 10 nitrogen and oxygen atoms in total. The summed E-state index contributed by atoms with van der Waals surface area (Å²) in [6.45, 7) is 0.177. The smallest absolute Gasteiger partial charge is 0.269 e. The maximum Gasteiger partial charge on any atom is 0.269 e. The highest BCUT2D eigenvalue weighted by molar-refractivity contribution is 7.77. The molecule has 0 fully saturated rings. The van der Waals surface area contributed by atoms with Gasteiger partial charge in [-0.05, 0) is 54.1 Å². The predicted molar refractivity (Wildman–Crippen MR) is 154 cm³/mol. The molecule has 0 bridgehead atoms. The first kappa shape index (κ1) is 25.7. The highest BCUT2D eigenvalue weighted by Crippen LogP contribution is 2.26. The van der Waals surface area contributed by atoms with Gasteiger partial charge in [0.25, 0.3) is 5.56 Å². The first-order valence-corrected chi connectivity index (χ1v) is 13.6. The van der Waals surface area contributed by atoms with Crippen molar-refractivity contribution >= 4 is 33.9 Å². The van der Waals surface area contributed by atoms with E-state index in [0.29, 0.717) is 38.8 Å². The van der Waals surface area contributed by atoms with Gasteiger partial charge in [-0.3, -0.25) is 13.9 Å². The van der Waals surface area contributed by atoms with E-state index in [0.717, 1.165) is 16.8 Å². The number of aromatic nitrogens is 6. The Kier molecular flexibility index (Phi) is 7.01. The van der Waals surface area contributed by atoms with Gasteiger partial charge in [-0.2, -0.15) is 15.3 Å². The van der Waals surface area contributed by atoms with Crippen molar-refractivity contribution in [3.05, 3.63) is 118 Å². The van der Waals surface area contributed by atoms with E-state index < -0.39 is 11.3 Å². The lowest BCUT2D eigenvalue weighted by Crippen LogP contribution is -2.22. The van der Waals surface area contributed by atoms with Crippen LogP contribution in [-0.2, 0) is 17.8 Å². The van der Waals surface area contributed by atoms with Gasteiger partial charge >= 0.3 is 0 Å². The lowest BCUT2D eigenvalue weighted by Gasteiger charge is -2.14. The molecule has 0 aliphatic heterocycles. The quantitative estimate of drug-likeness (QED) is 0.269. The van der Waals surface area contributed by atoms with Gasteiger partial charge in [-0.15, -0.1) is 0 Å². The van der Waals surface area contributed by atoms with E-state index in [1.54, 1.807) is 45.8 Å². The highest BCUT2D eigenvalue weighted by atomic mass is 35.5. The summed E-state index contributed by atoms with van der Waals surface area (Å²) in [7, 11) is 0. The third-order valence-electron chi connectivity index (χ3n) is 6.25. The van der Waals surface area contributed by atoms with E-state index in [-0.39, 0.29) is 12.1 Å². The molecule has 6 rings (SSSR count). The molecule has 3 aromatic heterocycles. The summed E-state index contributed by atoms with van der Waals surface area (Å²) in [4.78, 5) is 18.9. The number of benzene rings is 3. The molecule has 1 unspecified atom stereocenters. The van der Waals surface area contributed by atoms with Gasteiger partial charge < -0.3 is 0 Å². The Labute approximate surface area is 235 Å². The maximum atomic E-state index is 13.9. The highest BCUT2D eigenvalue weighted by Gasteiger charge is 2.19. The van der Waals surface area contributed by atoms with Crippen molar-refractivity contribution in [2.45, 2.75) is 6.54 Å². The van der Waals surface area contributed by atoms with E-state index >= 15 is 0 Å². The molecule has 0 aliphatic carbocycles. The Morgan fingerprint density at radius 3 is 2.42 bits per heavy atom. The second kappa shape index (κ2) is 10.9. The van der Waals surface area contributed by atoms with Gasteiger partial charge in [0.2, 0.25) is 11.3 Å². The lowest BCUT2D eigenvalue weighted by molar-refractivity contribution is 0.548. The molecule has 3 heterocycles. The first-order chi connectivity index (χ1) is 19.5. The molecule has 3 aromatic carbocycles. The van der Waals surface area contributed by atoms with E-state index in [4.69, 9.17) is 21.1 Å². The first-order valence-electron chi connectivity index (χ1n) is 12.1. The molecule has 2 N–H and O–H groups in total. The van der Waals surface area contributed by atoms with E-state index in [1.165, 1.54) is 6.20 Å². The Balaban J connectivity index is 1.53. The molecule has 0 saturated carbocycles. The lowest BCUT2D eigenvalue weighted by atomic mass is 10.1. The number of nitrogens with one attached hydrogen (secondary N) is 1. The van der Waals surface area contributed by atoms with Crippen LogP contribution in [0.25, 0.3) is 45.1 Å². The van der Waals surface area contributed by atoms with Gasteiger partial charge in [0.05, 0.1) is 23.3 Å². The van der Waals surface area contributed by atoms with Crippen LogP contribution in [0.2, 0.25) is 5.02 Å². The summed E-state index contributed by atoms with van der Waals surface area (Å²) in [5.41, 5.74) is 4.41. The van der Waals surface area contributed by atoms with Crippen molar-refractivity contribution in [2.75, 3.05) is 0 Å². The fourth-order valence-corrected chi connectivity index (χ4v) is 4.78. The Hall–Kier alpha value is -4.55. The number of fused-ring (bicyclic) bond motifs is 1. The Morgan fingerprint density at radius 1 is 0.925 bits per heavy atom. The zero-order chi connectivity index (χ0) is 27.6. The summed E-state index contributed by atoms with van der Waals surface area (Å²) >= 11 is 3.99. The van der Waals surface area contributed by atoms with Crippen LogP contribution in [0, 0.1) is 0 Å². The minimum Gasteiger partial charge on any atom is -0.294 e. The molecule has 1 atom stereocenters. The zero-order valence-corrected chi connectivity index (χ0v) is 22.3. The van der Waals surface area contributed by atoms with Crippen molar-refractivity contribution in [3.8, 4) is 34.0 Å². The van der Waals surface area contributed by atoms with E-state index in [9.17, 15) is 9.00 Å². The van der Waals surface area contributed by atoms with Crippen LogP contribution in [0.4, 0.5) is 0 Å². The van der Waals surface area contributed by atoms with E-state index in [1.807, 2.05) is 54.6 Å². The molecule has 40 heavy (non-hydrogen) atoms. The third kappa shape index (κ3) is 5.06. The standard InChI is InChI=1S/C28H20ClN7O3S/c29-21-10-12-22(13-11-21)35-26(20-8-6-19(7-9-20)25-5-2-14-30-34-25)33-27-24(28(35)37)17-31-36(27)23-4-1-3-18(15-23)16-32-40(38)39/h1-15,17,32H,16H2,(H,38,39). The largest absolute Gasteiger partial charge is 0.294 e. The second-order valence-corrected chi connectivity index (χ2v) is 10.00. The van der Waals surface area contributed by atoms with Gasteiger partial charge in [0.15, 0.2) is 5.65 Å². The average molecular weight is 570 g/mol. The van der Waals surface area contributed by atoms with Crippen LogP contribution in [0.3, 0.4) is 0 Å². The van der Waals surface area contributed by atoms with Gasteiger partial charge in [-0.25, -0.2) is 18.6 Å². The van der Waals surface area contributed by atoms with Crippen molar-refractivity contribution in [1.29, 1.82) is 0 Å². The van der Waals surface area contributed by atoms with Crippen molar-refractivity contribution < 1.29 is 8.76 Å². The molecule has 0 spiro atoms. The molecule has 0 amide bonds. The van der Waals surface area contributed by atoms with Gasteiger partial charge in [0, 0.05) is 28.9 Å². The SMILES string of the molecule is O=c1c2cnn(-c3cccc(CNS(=O)O)c3)c2nc(-c2ccc(-c3cccnn3)cc2)n1-c1ccc(Cl)cc1. The van der Waals surface area contributed by atoms with Crippen LogP contribution in [0.15, 0.2) is 102 Å². The maximum absolute atomic E-state index is 13.9. The van der Waals surface area contributed by atoms with E-state index in [2.05, 4.69) is 20.0 Å². The number of hydrogen-bond acceptors (Lipinski definition) is 6. The van der Waals surface area contributed by atoms with Gasteiger partial charge in [-0.1, -0.05) is 48.0 Å². The summed E-state index contributed by atoms with van der Waals surface area (Å²) in [5.74, 6) is 0.417. The molecular weight excluding hydrogens is 550 g/mol. The predicted octanol–water partition coefficient (Wildman–Crippen LogP) is 4.58. The number of halogens is 1. The molecule has 198 valence electrons. The van der Waals surface area contributed by atoms with Gasteiger partial charge in [0.1, 0.15) is 11.2 Å². The van der Waals surface area contributed by atoms with Crippen molar-refractivity contribution in [3.63, 3.8) is 0 Å². The molecular formula is C28H20ClN7O3S. The monoisotopic (exact) mass is 569 g/mol. The van der Waals surface area contributed by atoms with Crippen molar-refractivity contribution in [2.24, 2.45) is 0 Å². The molecule has 12 heteroatoms. The zero-order valence-electron chi connectivity index (χ0n) is 20.7. The molecule has 6 aromatic rings. The summed E-state index contributed by atoms with van der Waals surface area (Å²) in [6, 6.07) is 25.5. The summed E-state index contributed by atoms with van der Waals surface area (Å²) in [5, 5.41) is 13.5. The van der Waals surface area contributed by atoms with Crippen molar-refractivity contribution in [1.82, 2.24) is 34.3 Å². The number of nitrogens with zero attached hydrogens (tertiary/aromatic N) is 6. The number of rotatable bonds is 7. The van der Waals surface area contributed by atoms with Crippen LogP contribution in [0.1, 0.15) is 5.56 Å². The Morgan fingerprint density at radius 2 is 1.70 bits per heavy atom. The third-order valence-corrected chi connectivity index (χ3v) is 6.90. The topological polar surface area (TPSA) is 128 Å². The molecule has 0 aliphatic rings.